The fourth-order valence-electron chi connectivity index (χ4n) is 9.75. The maximum atomic E-state index is 6.72. The molecule has 248 valence electrons. The van der Waals surface area contributed by atoms with Gasteiger partial charge in [0.15, 0.2) is 0 Å². The fourth-order valence-corrected chi connectivity index (χ4v) is 9.75. The van der Waals surface area contributed by atoms with Crippen molar-refractivity contribution in [2.24, 2.45) is 0 Å². The maximum absolute atomic E-state index is 6.72. The lowest BCUT2D eigenvalue weighted by molar-refractivity contribution is 0.659. The van der Waals surface area contributed by atoms with E-state index in [4.69, 9.17) is 4.42 Å². The van der Waals surface area contributed by atoms with Gasteiger partial charge in [-0.05, 0) is 91.5 Å². The molecule has 0 N–H and O–H groups in total. The van der Waals surface area contributed by atoms with Crippen molar-refractivity contribution in [3.05, 3.63) is 174 Å². The van der Waals surface area contributed by atoms with Crippen LogP contribution in [0.4, 0.5) is 17.1 Å². The highest BCUT2D eigenvalue weighted by Gasteiger charge is 2.42. The van der Waals surface area contributed by atoms with Gasteiger partial charge in [0.2, 0.25) is 0 Å². The number of hydrogen-bond donors (Lipinski definition) is 0. The van der Waals surface area contributed by atoms with Crippen LogP contribution in [0.15, 0.2) is 156 Å². The largest absolute Gasteiger partial charge is 0.455 e. The van der Waals surface area contributed by atoms with Crippen molar-refractivity contribution in [2.75, 3.05) is 4.90 Å². The van der Waals surface area contributed by atoms with Gasteiger partial charge < -0.3 is 9.32 Å². The molecule has 0 radical (unpaired) electrons. The van der Waals surface area contributed by atoms with Crippen molar-refractivity contribution in [3.63, 3.8) is 0 Å². The van der Waals surface area contributed by atoms with Gasteiger partial charge in [-0.15, -0.1) is 0 Å². The monoisotopic (exact) mass is 667 g/mol. The molecule has 52 heavy (non-hydrogen) atoms. The Balaban J connectivity index is 1.25. The Hall–Kier alpha value is -6.12. The SMILES string of the molecule is CC1(C)c2ccccc2-c2ccc(N(c3ccc4ccccc4c3)c3cccc4c3-c3c(c5c6ccccc6oc5c5ccccc35)C4(C)C)cc21. The molecule has 0 bridgehead atoms. The highest BCUT2D eigenvalue weighted by molar-refractivity contribution is 6.24. The van der Waals surface area contributed by atoms with Gasteiger partial charge in [-0.3, -0.25) is 0 Å². The first kappa shape index (κ1) is 29.6. The second-order valence-electron chi connectivity index (χ2n) is 15.7. The zero-order chi connectivity index (χ0) is 34.9. The molecule has 2 nitrogen and oxygen atoms in total. The fraction of sp³-hybridized carbons (Fsp3) is 0.120. The molecule has 0 spiro atoms. The molecular weight excluding hydrogens is 631 g/mol. The predicted octanol–water partition coefficient (Wildman–Crippen LogP) is 14.0. The first-order valence-electron chi connectivity index (χ1n) is 18.4. The zero-order valence-electron chi connectivity index (χ0n) is 29.8. The third-order valence-corrected chi connectivity index (χ3v) is 12.2. The van der Waals surface area contributed by atoms with Crippen LogP contribution >= 0.6 is 0 Å². The van der Waals surface area contributed by atoms with Crippen LogP contribution in [0.2, 0.25) is 0 Å². The van der Waals surface area contributed by atoms with E-state index in [1.807, 2.05) is 0 Å². The molecule has 2 aliphatic rings. The van der Waals surface area contributed by atoms with E-state index in [0.29, 0.717) is 0 Å². The van der Waals surface area contributed by atoms with Crippen LogP contribution in [0.3, 0.4) is 0 Å². The molecule has 2 heteroatoms. The first-order chi connectivity index (χ1) is 25.3. The molecule has 9 aromatic rings. The molecule has 0 atom stereocenters. The van der Waals surface area contributed by atoms with Crippen molar-refractivity contribution in [3.8, 4) is 22.3 Å². The summed E-state index contributed by atoms with van der Waals surface area (Å²) in [5.74, 6) is 0. The van der Waals surface area contributed by atoms with E-state index in [-0.39, 0.29) is 10.8 Å². The van der Waals surface area contributed by atoms with Gasteiger partial charge in [0, 0.05) is 43.9 Å². The Kier molecular flexibility index (Phi) is 5.83. The minimum absolute atomic E-state index is 0.117. The average Bonchev–Trinajstić information content (AvgIpc) is 3.75. The smallest absolute Gasteiger partial charge is 0.143 e. The summed E-state index contributed by atoms with van der Waals surface area (Å²) < 4.78 is 6.72. The van der Waals surface area contributed by atoms with Gasteiger partial charge in [-0.25, -0.2) is 0 Å². The van der Waals surface area contributed by atoms with Crippen LogP contribution in [-0.2, 0) is 10.8 Å². The standard InChI is InChI=1S/C50H37NO/c1-49(2)39-20-11-9-16-34(39)35-27-26-33(29-41(35)49)51(32-25-24-30-14-5-6-15-31(30)28-32)42-22-13-21-40-46(42)44-36-17-7-8-18-37(36)48-45(47(44)50(40,3)4)38-19-10-12-23-43(38)52-48/h5-29H,1-4H3. The van der Waals surface area contributed by atoms with Crippen LogP contribution in [0.25, 0.3) is 65.7 Å². The molecule has 1 aromatic heterocycles. The van der Waals surface area contributed by atoms with E-state index < -0.39 is 0 Å². The molecule has 11 rings (SSSR count). The number of anilines is 3. The summed E-state index contributed by atoms with van der Waals surface area (Å²) >= 11 is 0. The van der Waals surface area contributed by atoms with E-state index in [9.17, 15) is 0 Å². The van der Waals surface area contributed by atoms with E-state index >= 15 is 0 Å². The van der Waals surface area contributed by atoms with Crippen molar-refractivity contribution < 1.29 is 4.42 Å². The highest BCUT2D eigenvalue weighted by Crippen LogP contribution is 2.60. The number of furan rings is 1. The normalized spacial score (nSPS) is 14.8. The summed E-state index contributed by atoms with van der Waals surface area (Å²) in [7, 11) is 0. The van der Waals surface area contributed by atoms with Crippen LogP contribution < -0.4 is 4.90 Å². The van der Waals surface area contributed by atoms with Crippen molar-refractivity contribution in [1.29, 1.82) is 0 Å². The van der Waals surface area contributed by atoms with Crippen molar-refractivity contribution in [1.82, 2.24) is 0 Å². The van der Waals surface area contributed by atoms with Crippen LogP contribution in [-0.4, -0.2) is 0 Å². The van der Waals surface area contributed by atoms with Crippen LogP contribution in [0.5, 0.6) is 0 Å². The first-order valence-corrected chi connectivity index (χ1v) is 18.4. The lowest BCUT2D eigenvalue weighted by Gasteiger charge is -2.30. The summed E-state index contributed by atoms with van der Waals surface area (Å²) in [5.41, 5.74) is 15.7. The summed E-state index contributed by atoms with van der Waals surface area (Å²) in [6.45, 7) is 9.53. The molecule has 0 unspecified atom stereocenters. The van der Waals surface area contributed by atoms with Gasteiger partial charge in [0.1, 0.15) is 11.2 Å². The van der Waals surface area contributed by atoms with E-state index in [2.05, 4.69) is 184 Å². The molecular formula is C50H37NO. The molecule has 0 saturated carbocycles. The molecule has 8 aromatic carbocycles. The van der Waals surface area contributed by atoms with E-state index in [1.54, 1.807) is 0 Å². The Morgan fingerprint density at radius 3 is 1.98 bits per heavy atom. The second-order valence-corrected chi connectivity index (χ2v) is 15.7. The zero-order valence-corrected chi connectivity index (χ0v) is 29.8. The predicted molar refractivity (Wildman–Crippen MR) is 219 cm³/mol. The Morgan fingerprint density at radius 2 is 1.12 bits per heavy atom. The van der Waals surface area contributed by atoms with Gasteiger partial charge in [-0.1, -0.05) is 143 Å². The second kappa shape index (κ2) is 10.2. The molecule has 0 amide bonds. The van der Waals surface area contributed by atoms with Gasteiger partial charge in [0.25, 0.3) is 0 Å². The van der Waals surface area contributed by atoms with Gasteiger partial charge in [0.05, 0.1) is 5.69 Å². The number of para-hydroxylation sites is 1. The average molecular weight is 668 g/mol. The lowest BCUT2D eigenvalue weighted by Crippen LogP contribution is -2.17. The summed E-state index contributed by atoms with van der Waals surface area (Å²) in [6.07, 6.45) is 0. The summed E-state index contributed by atoms with van der Waals surface area (Å²) in [4.78, 5) is 2.52. The quantitative estimate of drug-likeness (QED) is 0.186. The number of benzene rings is 8. The molecule has 1 heterocycles. The third kappa shape index (κ3) is 3.79. The van der Waals surface area contributed by atoms with Crippen LogP contribution in [0, 0.1) is 0 Å². The molecule has 0 aliphatic heterocycles. The number of fused-ring (bicyclic) bond motifs is 14. The topological polar surface area (TPSA) is 16.4 Å². The summed E-state index contributed by atoms with van der Waals surface area (Å²) in [5, 5.41) is 7.25. The lowest BCUT2D eigenvalue weighted by atomic mass is 9.79. The van der Waals surface area contributed by atoms with Crippen molar-refractivity contribution >= 4 is 60.5 Å². The Bertz CT molecular complexity index is 2980. The van der Waals surface area contributed by atoms with Gasteiger partial charge >= 0.3 is 0 Å². The number of hydrogen-bond acceptors (Lipinski definition) is 2. The minimum atomic E-state index is -0.272. The Labute approximate surface area is 303 Å². The van der Waals surface area contributed by atoms with Gasteiger partial charge in [-0.2, -0.15) is 0 Å². The Morgan fingerprint density at radius 1 is 0.462 bits per heavy atom. The number of rotatable bonds is 3. The minimum Gasteiger partial charge on any atom is -0.455 e. The maximum Gasteiger partial charge on any atom is 0.143 e. The van der Waals surface area contributed by atoms with Crippen LogP contribution in [0.1, 0.15) is 49.9 Å². The van der Waals surface area contributed by atoms with E-state index in [0.717, 1.165) is 27.9 Å². The third-order valence-electron chi connectivity index (χ3n) is 12.2. The number of nitrogens with zero attached hydrogens (tertiary/aromatic N) is 1. The summed E-state index contributed by atoms with van der Waals surface area (Å²) in [6, 6.07) is 55.9. The van der Waals surface area contributed by atoms with Crippen molar-refractivity contribution in [2.45, 2.75) is 38.5 Å². The van der Waals surface area contributed by atoms with E-state index in [1.165, 1.54) is 77.1 Å². The highest BCUT2D eigenvalue weighted by atomic mass is 16.3. The molecule has 0 saturated heterocycles. The molecule has 0 fully saturated rings. The molecule has 2 aliphatic carbocycles.